The van der Waals surface area contributed by atoms with Gasteiger partial charge in [0.1, 0.15) is 0 Å². The maximum Gasteiger partial charge on any atom is 0.0622 e. The van der Waals surface area contributed by atoms with Gasteiger partial charge in [0.2, 0.25) is 0 Å². The number of hydrogen-bond acceptors (Lipinski definition) is 3. The smallest absolute Gasteiger partial charge is 0.0622 e. The fourth-order valence-electron chi connectivity index (χ4n) is 3.03. The van der Waals surface area contributed by atoms with Crippen molar-refractivity contribution >= 4 is 0 Å². The lowest BCUT2D eigenvalue weighted by atomic mass is 9.90. The normalized spacial score (nSPS) is 37.4. The minimum atomic E-state index is 0.458. The summed E-state index contributed by atoms with van der Waals surface area (Å²) < 4.78 is 5.49. The molecule has 2 fully saturated rings. The van der Waals surface area contributed by atoms with Crippen molar-refractivity contribution in [3.63, 3.8) is 0 Å². The molecule has 1 saturated carbocycles. The third-order valence-electron chi connectivity index (χ3n) is 3.95. The van der Waals surface area contributed by atoms with Gasteiger partial charge in [-0.2, -0.15) is 0 Å². The zero-order valence-electron chi connectivity index (χ0n) is 9.82. The summed E-state index contributed by atoms with van der Waals surface area (Å²) in [5.74, 6) is 0. The van der Waals surface area contributed by atoms with Crippen LogP contribution in [0.4, 0.5) is 0 Å². The second kappa shape index (κ2) is 5.28. The van der Waals surface area contributed by atoms with Crippen molar-refractivity contribution in [1.82, 2.24) is 4.90 Å². The predicted octanol–water partition coefficient (Wildman–Crippen LogP) is 1.37. The van der Waals surface area contributed by atoms with Gasteiger partial charge >= 0.3 is 0 Å². The maximum absolute atomic E-state index is 5.95. The Balaban J connectivity index is 1.88. The SMILES string of the molecule is CCN(C1CCC(N)CC1)C1CCOC1. The molecule has 15 heavy (non-hydrogen) atoms. The Kier molecular flexibility index (Phi) is 4.00. The summed E-state index contributed by atoms with van der Waals surface area (Å²) in [6.45, 7) is 5.32. The molecule has 3 nitrogen and oxygen atoms in total. The molecule has 1 unspecified atom stereocenters. The van der Waals surface area contributed by atoms with E-state index in [4.69, 9.17) is 10.5 Å². The molecule has 1 aliphatic carbocycles. The summed E-state index contributed by atoms with van der Waals surface area (Å²) in [6.07, 6.45) is 6.19. The molecular weight excluding hydrogens is 188 g/mol. The van der Waals surface area contributed by atoms with E-state index in [1.165, 1.54) is 32.1 Å². The lowest BCUT2D eigenvalue weighted by Gasteiger charge is -2.38. The fraction of sp³-hybridized carbons (Fsp3) is 1.00. The number of nitrogens with two attached hydrogens (primary N) is 1. The van der Waals surface area contributed by atoms with Crippen LogP contribution in [0.25, 0.3) is 0 Å². The third-order valence-corrected chi connectivity index (χ3v) is 3.95. The Morgan fingerprint density at radius 1 is 1.13 bits per heavy atom. The van der Waals surface area contributed by atoms with Crippen LogP contribution in [0, 0.1) is 0 Å². The first-order valence-corrected chi connectivity index (χ1v) is 6.40. The van der Waals surface area contributed by atoms with Gasteiger partial charge in [-0.05, 0) is 38.6 Å². The van der Waals surface area contributed by atoms with Crippen LogP contribution in [0.5, 0.6) is 0 Å². The first-order valence-electron chi connectivity index (χ1n) is 6.40. The highest BCUT2D eigenvalue weighted by Crippen LogP contribution is 2.25. The first-order chi connectivity index (χ1) is 7.31. The molecule has 1 aliphatic heterocycles. The molecule has 1 saturated heterocycles. The van der Waals surface area contributed by atoms with E-state index in [-0.39, 0.29) is 0 Å². The summed E-state index contributed by atoms with van der Waals surface area (Å²) in [5, 5.41) is 0. The highest BCUT2D eigenvalue weighted by atomic mass is 16.5. The molecule has 2 N–H and O–H groups in total. The van der Waals surface area contributed by atoms with Gasteiger partial charge in [0.05, 0.1) is 6.61 Å². The van der Waals surface area contributed by atoms with Gasteiger partial charge < -0.3 is 10.5 Å². The molecule has 1 heterocycles. The topological polar surface area (TPSA) is 38.5 Å². The standard InChI is InChI=1S/C12H24N2O/c1-2-14(12-7-8-15-9-12)11-5-3-10(13)4-6-11/h10-12H,2-9,13H2,1H3. The molecule has 0 amide bonds. The number of hydrogen-bond donors (Lipinski definition) is 1. The van der Waals surface area contributed by atoms with Crippen LogP contribution in [0.1, 0.15) is 39.0 Å². The molecular formula is C12H24N2O. The lowest BCUT2D eigenvalue weighted by molar-refractivity contribution is 0.0900. The van der Waals surface area contributed by atoms with Crippen LogP contribution in [0.3, 0.4) is 0 Å². The van der Waals surface area contributed by atoms with E-state index in [1.807, 2.05) is 0 Å². The van der Waals surface area contributed by atoms with E-state index < -0.39 is 0 Å². The van der Waals surface area contributed by atoms with Crippen molar-refractivity contribution in [2.75, 3.05) is 19.8 Å². The highest BCUT2D eigenvalue weighted by molar-refractivity contribution is 4.85. The molecule has 0 radical (unpaired) electrons. The Hall–Kier alpha value is -0.120. The van der Waals surface area contributed by atoms with Gasteiger partial charge in [0, 0.05) is 24.7 Å². The molecule has 0 aromatic carbocycles. The van der Waals surface area contributed by atoms with Crippen molar-refractivity contribution in [1.29, 1.82) is 0 Å². The van der Waals surface area contributed by atoms with Crippen LogP contribution in [0.15, 0.2) is 0 Å². The quantitative estimate of drug-likeness (QED) is 0.768. The first kappa shape index (κ1) is 11.4. The van der Waals surface area contributed by atoms with Gasteiger partial charge in [-0.1, -0.05) is 6.92 Å². The van der Waals surface area contributed by atoms with Crippen molar-refractivity contribution < 1.29 is 4.74 Å². The minimum absolute atomic E-state index is 0.458. The molecule has 0 spiro atoms. The maximum atomic E-state index is 5.95. The van der Waals surface area contributed by atoms with Crippen molar-refractivity contribution in [2.45, 2.75) is 57.2 Å². The third kappa shape index (κ3) is 2.71. The average Bonchev–Trinajstić information content (AvgIpc) is 2.75. The summed E-state index contributed by atoms with van der Waals surface area (Å²) in [5.41, 5.74) is 5.95. The largest absolute Gasteiger partial charge is 0.380 e. The van der Waals surface area contributed by atoms with Gasteiger partial charge in [0.25, 0.3) is 0 Å². The van der Waals surface area contributed by atoms with Gasteiger partial charge in [0.15, 0.2) is 0 Å². The van der Waals surface area contributed by atoms with E-state index in [2.05, 4.69) is 11.8 Å². The van der Waals surface area contributed by atoms with Crippen molar-refractivity contribution in [3.05, 3.63) is 0 Å². The van der Waals surface area contributed by atoms with E-state index >= 15 is 0 Å². The summed E-state index contributed by atoms with van der Waals surface area (Å²) in [6, 6.07) is 1.90. The molecule has 1 atom stereocenters. The highest BCUT2D eigenvalue weighted by Gasteiger charge is 2.30. The van der Waals surface area contributed by atoms with E-state index in [0.29, 0.717) is 12.1 Å². The second-order valence-electron chi connectivity index (χ2n) is 4.92. The van der Waals surface area contributed by atoms with Crippen molar-refractivity contribution in [3.8, 4) is 0 Å². The fourth-order valence-corrected chi connectivity index (χ4v) is 3.03. The van der Waals surface area contributed by atoms with E-state index in [1.54, 1.807) is 0 Å². The van der Waals surface area contributed by atoms with E-state index in [9.17, 15) is 0 Å². The minimum Gasteiger partial charge on any atom is -0.380 e. The van der Waals surface area contributed by atoms with Gasteiger partial charge in [-0.15, -0.1) is 0 Å². The lowest BCUT2D eigenvalue weighted by Crippen LogP contribution is -2.46. The zero-order chi connectivity index (χ0) is 10.7. The number of ether oxygens (including phenoxy) is 1. The Labute approximate surface area is 93.0 Å². The molecule has 2 rings (SSSR count). The number of likely N-dealkylation sites (N-methyl/N-ethyl adjacent to an activating group) is 1. The van der Waals surface area contributed by atoms with Gasteiger partial charge in [-0.3, -0.25) is 4.90 Å². The predicted molar refractivity (Wildman–Crippen MR) is 61.8 cm³/mol. The second-order valence-corrected chi connectivity index (χ2v) is 4.92. The van der Waals surface area contributed by atoms with Crippen LogP contribution < -0.4 is 5.73 Å². The Bertz CT molecular complexity index is 184. The van der Waals surface area contributed by atoms with Crippen molar-refractivity contribution in [2.24, 2.45) is 5.73 Å². The molecule has 0 bridgehead atoms. The molecule has 88 valence electrons. The Morgan fingerprint density at radius 3 is 2.40 bits per heavy atom. The summed E-state index contributed by atoms with van der Waals surface area (Å²) in [7, 11) is 0. The number of rotatable bonds is 3. The summed E-state index contributed by atoms with van der Waals surface area (Å²) in [4.78, 5) is 2.65. The molecule has 2 aliphatic rings. The zero-order valence-corrected chi connectivity index (χ0v) is 9.82. The van der Waals surface area contributed by atoms with Gasteiger partial charge in [-0.25, -0.2) is 0 Å². The van der Waals surface area contributed by atoms with Crippen LogP contribution in [-0.4, -0.2) is 42.8 Å². The molecule has 0 aromatic rings. The van der Waals surface area contributed by atoms with E-state index in [0.717, 1.165) is 25.8 Å². The number of nitrogens with zero attached hydrogens (tertiary/aromatic N) is 1. The van der Waals surface area contributed by atoms with Crippen LogP contribution in [0.2, 0.25) is 0 Å². The van der Waals surface area contributed by atoms with Crippen LogP contribution >= 0.6 is 0 Å². The Morgan fingerprint density at radius 2 is 1.87 bits per heavy atom. The molecule has 3 heteroatoms. The average molecular weight is 212 g/mol. The summed E-state index contributed by atoms with van der Waals surface area (Å²) >= 11 is 0. The monoisotopic (exact) mass is 212 g/mol. The molecule has 0 aromatic heterocycles. The van der Waals surface area contributed by atoms with Crippen LogP contribution in [-0.2, 0) is 4.74 Å².